The lowest BCUT2D eigenvalue weighted by molar-refractivity contribution is -0.136. The van der Waals surface area contributed by atoms with Crippen molar-refractivity contribution in [3.05, 3.63) is 27.7 Å². The van der Waals surface area contributed by atoms with Crippen molar-refractivity contribution in [2.45, 2.75) is 6.18 Å². The molecule has 0 aliphatic carbocycles. The predicted octanol–water partition coefficient (Wildman–Crippen LogP) is 3.30. The van der Waals surface area contributed by atoms with Gasteiger partial charge in [0.1, 0.15) is 0 Å². The average Bonchev–Trinajstić information content (AvgIpc) is 2.11. The molecule has 0 unspecified atom stereocenters. The number of rotatable bonds is 1. The number of hydrogen-bond donors (Lipinski definition) is 2. The molecule has 2 nitrogen and oxygen atoms in total. The van der Waals surface area contributed by atoms with Gasteiger partial charge in [-0.3, -0.25) is 5.84 Å². The fraction of sp³-hybridized carbons (Fsp3) is 0.143. The van der Waals surface area contributed by atoms with Gasteiger partial charge in [-0.25, -0.2) is 0 Å². The predicted molar refractivity (Wildman–Crippen MR) is 49.3 cm³/mol. The van der Waals surface area contributed by atoms with Crippen LogP contribution in [0, 0.1) is 0 Å². The van der Waals surface area contributed by atoms with E-state index in [-0.39, 0.29) is 5.02 Å². The Bertz CT molecular complexity index is 395. The zero-order valence-corrected chi connectivity index (χ0v) is 8.06. The molecular formula is C7H5Cl2F3N2. The van der Waals surface area contributed by atoms with Crippen molar-refractivity contribution in [2.24, 2.45) is 5.84 Å². The van der Waals surface area contributed by atoms with Crippen LogP contribution in [0.25, 0.3) is 0 Å². The second-order valence-electron chi connectivity index (χ2n) is 2.36. The van der Waals surface area contributed by atoms with Crippen molar-refractivity contribution < 1.29 is 14.5 Å². The first kappa shape index (κ1) is 9.89. The Labute approximate surface area is 89.2 Å². The zero-order chi connectivity index (χ0) is 11.8. The third kappa shape index (κ3) is 2.23. The molecule has 0 amide bonds. The third-order valence-corrected chi connectivity index (χ3v) is 2.12. The molecule has 0 bridgehead atoms. The lowest BCUT2D eigenvalue weighted by Gasteiger charge is -2.13. The first-order valence-electron chi connectivity index (χ1n) is 3.81. The van der Waals surface area contributed by atoms with Gasteiger partial charge in [-0.2, -0.15) is 13.2 Å². The van der Waals surface area contributed by atoms with E-state index in [1.165, 1.54) is 0 Å². The van der Waals surface area contributed by atoms with Crippen molar-refractivity contribution >= 4 is 28.9 Å². The summed E-state index contributed by atoms with van der Waals surface area (Å²) in [6.45, 7) is 0. The standard InChI is InChI=1S/C7H5Cl2F3N2/c8-4-1-3(7(10,11)12)6(14-13)2-5(4)9/h1-2,14H,13H2/i1D. The van der Waals surface area contributed by atoms with E-state index in [1.54, 1.807) is 0 Å². The number of halogens is 5. The number of anilines is 1. The van der Waals surface area contributed by atoms with Crippen molar-refractivity contribution in [1.29, 1.82) is 0 Å². The summed E-state index contributed by atoms with van der Waals surface area (Å²) < 4.78 is 44.7. The monoisotopic (exact) mass is 245 g/mol. The summed E-state index contributed by atoms with van der Waals surface area (Å²) in [5, 5.41) is -0.620. The van der Waals surface area contributed by atoms with Gasteiger partial charge in [0.15, 0.2) is 0 Å². The van der Waals surface area contributed by atoms with Crippen LogP contribution in [0.15, 0.2) is 12.1 Å². The highest BCUT2D eigenvalue weighted by molar-refractivity contribution is 6.42. The molecule has 1 aromatic carbocycles. The fourth-order valence-corrected chi connectivity index (χ4v) is 1.14. The maximum Gasteiger partial charge on any atom is 0.418 e. The average molecular weight is 246 g/mol. The van der Waals surface area contributed by atoms with Gasteiger partial charge in [0.25, 0.3) is 0 Å². The smallest absolute Gasteiger partial charge is 0.323 e. The van der Waals surface area contributed by atoms with Gasteiger partial charge in [0.05, 0.1) is 22.7 Å². The van der Waals surface area contributed by atoms with E-state index in [0.717, 1.165) is 6.07 Å². The summed E-state index contributed by atoms with van der Waals surface area (Å²) in [5.74, 6) is 4.90. The van der Waals surface area contributed by atoms with Crippen molar-refractivity contribution in [3.63, 3.8) is 0 Å². The maximum atomic E-state index is 12.5. The third-order valence-electron chi connectivity index (χ3n) is 1.42. The van der Waals surface area contributed by atoms with Gasteiger partial charge >= 0.3 is 6.18 Å². The Kier molecular flexibility index (Phi) is 2.71. The van der Waals surface area contributed by atoms with Crippen LogP contribution in [-0.2, 0) is 6.18 Å². The second-order valence-corrected chi connectivity index (χ2v) is 3.15. The molecule has 1 aromatic rings. The summed E-state index contributed by atoms with van der Waals surface area (Å²) in [5.41, 5.74) is 0.107. The Hall–Kier alpha value is -0.650. The zero-order valence-electron chi connectivity index (χ0n) is 7.54. The summed E-state index contributed by atoms with van der Waals surface area (Å²) in [6.07, 6.45) is -4.72. The van der Waals surface area contributed by atoms with E-state index in [2.05, 4.69) is 0 Å². The molecule has 0 saturated heterocycles. The lowest BCUT2D eigenvalue weighted by Crippen LogP contribution is -2.14. The highest BCUT2D eigenvalue weighted by Crippen LogP contribution is 2.38. The quantitative estimate of drug-likeness (QED) is 0.589. The fourth-order valence-electron chi connectivity index (χ4n) is 0.836. The van der Waals surface area contributed by atoms with Crippen LogP contribution in [0.5, 0.6) is 0 Å². The van der Waals surface area contributed by atoms with E-state index in [1.807, 2.05) is 5.43 Å². The van der Waals surface area contributed by atoms with Crippen molar-refractivity contribution in [1.82, 2.24) is 0 Å². The molecule has 3 N–H and O–H groups in total. The number of hydrazine groups is 1. The first-order chi connectivity index (χ1) is 6.79. The van der Waals surface area contributed by atoms with Gasteiger partial charge in [0, 0.05) is 0 Å². The van der Waals surface area contributed by atoms with Crippen LogP contribution >= 0.6 is 23.2 Å². The SMILES string of the molecule is [2H]c1c(Cl)c(Cl)cc(NN)c1C(F)(F)F. The van der Waals surface area contributed by atoms with Crippen LogP contribution in [0.2, 0.25) is 10.0 Å². The number of benzene rings is 1. The lowest BCUT2D eigenvalue weighted by atomic mass is 10.2. The molecule has 0 fully saturated rings. The van der Waals surface area contributed by atoms with Gasteiger partial charge < -0.3 is 5.43 Å². The highest BCUT2D eigenvalue weighted by atomic mass is 35.5. The molecule has 0 heterocycles. The molecule has 0 aromatic heterocycles. The topological polar surface area (TPSA) is 38.0 Å². The molecule has 7 heteroatoms. The molecule has 0 aliphatic rings. The van der Waals surface area contributed by atoms with Gasteiger partial charge in [-0.1, -0.05) is 23.2 Å². The highest BCUT2D eigenvalue weighted by Gasteiger charge is 2.34. The Morgan fingerprint density at radius 2 is 1.93 bits per heavy atom. The maximum absolute atomic E-state index is 12.5. The number of hydrogen-bond acceptors (Lipinski definition) is 2. The molecule has 0 spiro atoms. The van der Waals surface area contributed by atoms with Gasteiger partial charge in [0.2, 0.25) is 0 Å². The summed E-state index contributed by atoms with van der Waals surface area (Å²) in [6, 6.07) is 0.0229. The molecule has 0 radical (unpaired) electrons. The summed E-state index contributed by atoms with van der Waals surface area (Å²) in [7, 11) is 0. The molecule has 0 aliphatic heterocycles. The summed E-state index contributed by atoms with van der Waals surface area (Å²) >= 11 is 10.9. The number of nitrogens with one attached hydrogen (secondary N) is 1. The summed E-state index contributed by atoms with van der Waals surface area (Å²) in [4.78, 5) is 0. The first-order valence-corrected chi connectivity index (χ1v) is 4.07. The van der Waals surface area contributed by atoms with Crippen LogP contribution in [0.3, 0.4) is 0 Å². The molecule has 0 atom stereocenters. The Balaban J connectivity index is 3.55. The Morgan fingerprint density at radius 3 is 2.36 bits per heavy atom. The minimum atomic E-state index is -4.72. The number of nitrogen functional groups attached to an aromatic ring is 1. The largest absolute Gasteiger partial charge is 0.418 e. The normalized spacial score (nSPS) is 12.6. The van der Waals surface area contributed by atoms with Crippen LogP contribution in [0.1, 0.15) is 6.93 Å². The molecule has 1 rings (SSSR count). The molecule has 14 heavy (non-hydrogen) atoms. The minimum absolute atomic E-state index is 0.164. The van der Waals surface area contributed by atoms with Crippen molar-refractivity contribution in [3.8, 4) is 0 Å². The van der Waals surface area contributed by atoms with E-state index >= 15 is 0 Å². The molecule has 0 saturated carbocycles. The van der Waals surface area contributed by atoms with Gasteiger partial charge in [-0.15, -0.1) is 0 Å². The molecular weight excluding hydrogens is 240 g/mol. The minimum Gasteiger partial charge on any atom is -0.323 e. The van der Waals surface area contributed by atoms with Crippen molar-refractivity contribution in [2.75, 3.05) is 5.43 Å². The number of alkyl halides is 3. The van der Waals surface area contributed by atoms with E-state index < -0.39 is 28.5 Å². The second kappa shape index (κ2) is 3.84. The van der Waals surface area contributed by atoms with Gasteiger partial charge in [-0.05, 0) is 12.1 Å². The van der Waals surface area contributed by atoms with Crippen LogP contribution in [0.4, 0.5) is 18.9 Å². The van der Waals surface area contributed by atoms with E-state index in [0.29, 0.717) is 0 Å². The number of nitrogens with two attached hydrogens (primary N) is 1. The molecule has 78 valence electrons. The van der Waals surface area contributed by atoms with E-state index in [9.17, 15) is 13.2 Å². The Morgan fingerprint density at radius 1 is 1.36 bits per heavy atom. The van der Waals surface area contributed by atoms with Crippen LogP contribution < -0.4 is 11.3 Å². The van der Waals surface area contributed by atoms with Crippen LogP contribution in [-0.4, -0.2) is 0 Å². The van der Waals surface area contributed by atoms with E-state index in [4.69, 9.17) is 30.4 Å².